The van der Waals surface area contributed by atoms with Gasteiger partial charge in [0.15, 0.2) is 0 Å². The van der Waals surface area contributed by atoms with Crippen LogP contribution < -0.4 is 5.32 Å². The van der Waals surface area contributed by atoms with Crippen LogP contribution in [0, 0.1) is 18.7 Å². The molecule has 1 aromatic carbocycles. The molecule has 1 aliphatic carbocycles. The number of hydrogen-bond acceptors (Lipinski definition) is 1. The molecule has 1 aliphatic rings. The quantitative estimate of drug-likeness (QED) is 0.843. The zero-order chi connectivity index (χ0) is 13.8. The molecule has 2 nitrogen and oxygen atoms in total. The third-order valence-electron chi connectivity index (χ3n) is 3.78. The third kappa shape index (κ3) is 3.69. The van der Waals surface area contributed by atoms with Crippen LogP contribution in [0.15, 0.2) is 18.2 Å². The predicted molar refractivity (Wildman–Crippen MR) is 75.1 cm³/mol. The van der Waals surface area contributed by atoms with Gasteiger partial charge >= 0.3 is 0 Å². The number of aryl methyl sites for hydroxylation is 1. The zero-order valence-electron chi connectivity index (χ0n) is 11.1. The lowest BCUT2D eigenvalue weighted by Gasteiger charge is -2.27. The minimum atomic E-state index is -0.347. The molecule has 2 atom stereocenters. The van der Waals surface area contributed by atoms with Crippen molar-refractivity contribution in [2.45, 2.75) is 38.0 Å². The van der Waals surface area contributed by atoms with Gasteiger partial charge in [0.25, 0.3) is 5.91 Å². The molecule has 2 unspecified atom stereocenters. The van der Waals surface area contributed by atoms with E-state index in [9.17, 15) is 9.18 Å². The average molecular weight is 284 g/mol. The van der Waals surface area contributed by atoms with Crippen molar-refractivity contribution in [2.75, 3.05) is 6.54 Å². The Morgan fingerprint density at radius 2 is 2.16 bits per heavy atom. The summed E-state index contributed by atoms with van der Waals surface area (Å²) in [6.45, 7) is 2.25. The maximum Gasteiger partial charge on any atom is 0.251 e. The normalized spacial score (nSPS) is 23.1. The van der Waals surface area contributed by atoms with Crippen molar-refractivity contribution < 1.29 is 9.18 Å². The van der Waals surface area contributed by atoms with Gasteiger partial charge in [0.2, 0.25) is 0 Å². The molecule has 19 heavy (non-hydrogen) atoms. The van der Waals surface area contributed by atoms with E-state index < -0.39 is 0 Å². The lowest BCUT2D eigenvalue weighted by molar-refractivity contribution is 0.0943. The summed E-state index contributed by atoms with van der Waals surface area (Å²) >= 11 is 6.25. The molecule has 0 bridgehead atoms. The first-order valence-electron chi connectivity index (χ1n) is 6.76. The summed E-state index contributed by atoms with van der Waals surface area (Å²) < 4.78 is 13.4. The number of benzene rings is 1. The van der Waals surface area contributed by atoms with Crippen molar-refractivity contribution >= 4 is 17.5 Å². The van der Waals surface area contributed by atoms with E-state index in [1.807, 2.05) is 0 Å². The van der Waals surface area contributed by atoms with Crippen LogP contribution in [0.25, 0.3) is 0 Å². The number of nitrogens with one attached hydrogen (secondary N) is 1. The van der Waals surface area contributed by atoms with Gasteiger partial charge in [-0.15, -0.1) is 11.6 Å². The molecule has 0 radical (unpaired) electrons. The maximum atomic E-state index is 13.4. The third-order valence-corrected chi connectivity index (χ3v) is 4.35. The molecule has 1 aromatic rings. The summed E-state index contributed by atoms with van der Waals surface area (Å²) in [5, 5.41) is 3.00. The number of amides is 1. The predicted octanol–water partition coefficient (Wildman–Crippen LogP) is 3.66. The smallest absolute Gasteiger partial charge is 0.251 e. The minimum absolute atomic E-state index is 0.142. The topological polar surface area (TPSA) is 29.1 Å². The van der Waals surface area contributed by atoms with Gasteiger partial charge < -0.3 is 5.32 Å². The number of carbonyl (C=O) groups excluding carboxylic acids is 1. The van der Waals surface area contributed by atoms with Crippen LogP contribution in [0.5, 0.6) is 0 Å². The Kier molecular flexibility index (Phi) is 4.81. The SMILES string of the molecule is Cc1ccc(C(=O)NCC2CCCCC2Cl)cc1F. The lowest BCUT2D eigenvalue weighted by Crippen LogP contribution is -2.34. The van der Waals surface area contributed by atoms with Crippen molar-refractivity contribution in [3.63, 3.8) is 0 Å². The van der Waals surface area contributed by atoms with Crippen molar-refractivity contribution in [1.29, 1.82) is 0 Å². The van der Waals surface area contributed by atoms with Crippen LogP contribution in [-0.2, 0) is 0 Å². The standard InChI is InChI=1S/C15H19ClFNO/c1-10-6-7-11(8-14(10)17)15(19)18-9-12-4-2-3-5-13(12)16/h6-8,12-13H,2-5,9H2,1H3,(H,18,19). The Morgan fingerprint density at radius 3 is 2.84 bits per heavy atom. The molecular weight excluding hydrogens is 265 g/mol. The Morgan fingerprint density at radius 1 is 1.42 bits per heavy atom. The molecule has 1 N–H and O–H groups in total. The van der Waals surface area contributed by atoms with Crippen LogP contribution in [0.1, 0.15) is 41.6 Å². The van der Waals surface area contributed by atoms with E-state index >= 15 is 0 Å². The molecule has 104 valence electrons. The van der Waals surface area contributed by atoms with E-state index in [4.69, 9.17) is 11.6 Å². The number of rotatable bonds is 3. The van der Waals surface area contributed by atoms with Crippen molar-refractivity contribution in [3.8, 4) is 0 Å². The fourth-order valence-electron chi connectivity index (χ4n) is 2.45. The van der Waals surface area contributed by atoms with Crippen LogP contribution in [0.4, 0.5) is 4.39 Å². The van der Waals surface area contributed by atoms with E-state index in [0.29, 0.717) is 23.6 Å². The second kappa shape index (κ2) is 6.38. The Hall–Kier alpha value is -1.09. The molecule has 0 saturated heterocycles. The average Bonchev–Trinajstić information content (AvgIpc) is 2.40. The number of halogens is 2. The molecule has 0 aromatic heterocycles. The molecule has 1 saturated carbocycles. The van der Waals surface area contributed by atoms with Crippen LogP contribution in [0.2, 0.25) is 0 Å². The van der Waals surface area contributed by atoms with Gasteiger partial charge in [-0.05, 0) is 43.4 Å². The molecule has 4 heteroatoms. The largest absolute Gasteiger partial charge is 0.352 e. The molecular formula is C15H19ClFNO. The summed E-state index contributed by atoms with van der Waals surface area (Å²) in [6.07, 6.45) is 4.41. The van der Waals surface area contributed by atoms with Crippen LogP contribution in [-0.4, -0.2) is 17.8 Å². The molecule has 0 heterocycles. The van der Waals surface area contributed by atoms with Gasteiger partial charge in [0, 0.05) is 17.5 Å². The Labute approximate surface area is 118 Å². The molecule has 2 rings (SSSR count). The summed E-state index contributed by atoms with van der Waals surface area (Å²) in [7, 11) is 0. The molecule has 0 spiro atoms. The zero-order valence-corrected chi connectivity index (χ0v) is 11.8. The first-order valence-corrected chi connectivity index (χ1v) is 7.20. The summed E-state index contributed by atoms with van der Waals surface area (Å²) in [5.41, 5.74) is 0.912. The van der Waals surface area contributed by atoms with E-state index in [1.165, 1.54) is 18.9 Å². The highest BCUT2D eigenvalue weighted by Gasteiger charge is 2.23. The van der Waals surface area contributed by atoms with Crippen LogP contribution in [0.3, 0.4) is 0 Å². The fourth-order valence-corrected chi connectivity index (χ4v) is 2.82. The maximum absolute atomic E-state index is 13.4. The van der Waals surface area contributed by atoms with Gasteiger partial charge in [-0.1, -0.05) is 18.9 Å². The van der Waals surface area contributed by atoms with Gasteiger partial charge in [-0.3, -0.25) is 4.79 Å². The van der Waals surface area contributed by atoms with Gasteiger partial charge in [-0.25, -0.2) is 4.39 Å². The Bertz CT molecular complexity index is 463. The van der Waals surface area contributed by atoms with E-state index in [1.54, 1.807) is 19.1 Å². The van der Waals surface area contributed by atoms with Crippen molar-refractivity contribution in [1.82, 2.24) is 5.32 Å². The second-order valence-corrected chi connectivity index (χ2v) is 5.80. The monoisotopic (exact) mass is 283 g/mol. The van der Waals surface area contributed by atoms with Crippen molar-refractivity contribution in [2.24, 2.45) is 5.92 Å². The van der Waals surface area contributed by atoms with Gasteiger partial charge in [0.05, 0.1) is 0 Å². The summed E-state index contributed by atoms with van der Waals surface area (Å²) in [5.74, 6) is -0.247. The highest BCUT2D eigenvalue weighted by molar-refractivity contribution is 6.20. The summed E-state index contributed by atoms with van der Waals surface area (Å²) in [6, 6.07) is 4.55. The highest BCUT2D eigenvalue weighted by Crippen LogP contribution is 2.28. The van der Waals surface area contributed by atoms with Crippen LogP contribution >= 0.6 is 11.6 Å². The molecule has 1 amide bonds. The second-order valence-electron chi connectivity index (χ2n) is 5.23. The van der Waals surface area contributed by atoms with E-state index in [-0.39, 0.29) is 17.1 Å². The first-order chi connectivity index (χ1) is 9.08. The Balaban J connectivity index is 1.91. The minimum Gasteiger partial charge on any atom is -0.352 e. The summed E-state index contributed by atoms with van der Waals surface area (Å²) in [4.78, 5) is 11.9. The van der Waals surface area contributed by atoms with E-state index in [2.05, 4.69) is 5.32 Å². The van der Waals surface area contributed by atoms with Gasteiger partial charge in [0.1, 0.15) is 5.82 Å². The fraction of sp³-hybridized carbons (Fsp3) is 0.533. The van der Waals surface area contributed by atoms with Gasteiger partial charge in [-0.2, -0.15) is 0 Å². The number of hydrogen-bond donors (Lipinski definition) is 1. The number of alkyl halides is 1. The highest BCUT2D eigenvalue weighted by atomic mass is 35.5. The molecule has 0 aliphatic heterocycles. The molecule has 1 fully saturated rings. The number of carbonyl (C=O) groups is 1. The first kappa shape index (κ1) is 14.3. The van der Waals surface area contributed by atoms with Crippen molar-refractivity contribution in [3.05, 3.63) is 35.1 Å². The lowest BCUT2D eigenvalue weighted by atomic mass is 9.88. The van der Waals surface area contributed by atoms with E-state index in [0.717, 1.165) is 12.8 Å².